The van der Waals surface area contributed by atoms with Crippen molar-refractivity contribution in [3.05, 3.63) is 48.3 Å². The molecule has 23 heavy (non-hydrogen) atoms. The first-order valence-corrected chi connectivity index (χ1v) is 8.23. The van der Waals surface area contributed by atoms with Gasteiger partial charge >= 0.3 is 0 Å². The van der Waals surface area contributed by atoms with Gasteiger partial charge in [0.1, 0.15) is 0 Å². The predicted octanol–water partition coefficient (Wildman–Crippen LogP) is 1.32. The molecule has 0 radical (unpaired) electrons. The van der Waals surface area contributed by atoms with Crippen LogP contribution in [0, 0.1) is 0 Å². The second-order valence-corrected chi connectivity index (χ2v) is 7.23. The minimum absolute atomic E-state index is 0.173. The number of hydrogen-bond acceptors (Lipinski definition) is 4. The van der Waals surface area contributed by atoms with Crippen LogP contribution < -0.4 is 5.32 Å². The molecule has 0 unspecified atom stereocenters. The summed E-state index contributed by atoms with van der Waals surface area (Å²) in [4.78, 5) is 12.0. The molecule has 1 amide bonds. The summed E-state index contributed by atoms with van der Waals surface area (Å²) in [7, 11) is 1.26. The highest BCUT2D eigenvalue weighted by Gasteiger charge is 2.16. The Morgan fingerprint density at radius 3 is 2.43 bits per heavy atom. The third-order valence-corrected chi connectivity index (χ3v) is 4.88. The van der Waals surface area contributed by atoms with Gasteiger partial charge < -0.3 is 5.32 Å². The lowest BCUT2D eigenvalue weighted by molar-refractivity contribution is -0.111. The number of carbonyl (C=O) groups is 1. The van der Waals surface area contributed by atoms with Crippen molar-refractivity contribution in [1.29, 1.82) is 0 Å². The first-order valence-electron chi connectivity index (χ1n) is 6.79. The Hall–Kier alpha value is -2.45. The van der Waals surface area contributed by atoms with E-state index >= 15 is 0 Å². The van der Waals surface area contributed by atoms with E-state index in [1.807, 2.05) is 0 Å². The highest BCUT2D eigenvalue weighted by molar-refractivity contribution is 7.89. The number of hydrogen-bond donors (Lipinski definition) is 1. The molecule has 0 saturated carbocycles. The highest BCUT2D eigenvalue weighted by atomic mass is 32.2. The van der Waals surface area contributed by atoms with Gasteiger partial charge in [-0.05, 0) is 30.3 Å². The van der Waals surface area contributed by atoms with Crippen molar-refractivity contribution in [3.8, 4) is 0 Å². The zero-order valence-corrected chi connectivity index (χ0v) is 13.9. The molecule has 0 saturated heterocycles. The summed E-state index contributed by atoms with van der Waals surface area (Å²) in [6.45, 7) is 0. The maximum absolute atomic E-state index is 11.9. The third-order valence-electron chi connectivity index (χ3n) is 3.05. The first kappa shape index (κ1) is 16.9. The highest BCUT2D eigenvalue weighted by Crippen LogP contribution is 2.16. The maximum Gasteiger partial charge on any atom is 0.248 e. The number of aryl methyl sites for hydroxylation is 1. The van der Waals surface area contributed by atoms with Gasteiger partial charge in [0.15, 0.2) is 0 Å². The predicted molar refractivity (Wildman–Crippen MR) is 88.2 cm³/mol. The summed E-state index contributed by atoms with van der Waals surface area (Å²) < 4.78 is 26.7. The maximum atomic E-state index is 11.9. The number of carbonyl (C=O) groups excluding carboxylic acids is 1. The quantitative estimate of drug-likeness (QED) is 0.836. The molecule has 0 aliphatic carbocycles. The fraction of sp³-hybridized carbons (Fsp3) is 0.200. The zero-order valence-electron chi connectivity index (χ0n) is 13.1. The van der Waals surface area contributed by atoms with Crippen LogP contribution in [0.2, 0.25) is 0 Å². The molecule has 7 nitrogen and oxygen atoms in total. The molecule has 0 bridgehead atoms. The second kappa shape index (κ2) is 6.76. The molecule has 0 aliphatic rings. The number of sulfonamides is 1. The van der Waals surface area contributed by atoms with Gasteiger partial charge in [0.05, 0.1) is 11.1 Å². The van der Waals surface area contributed by atoms with Crippen LogP contribution in [-0.2, 0) is 21.9 Å². The van der Waals surface area contributed by atoms with Gasteiger partial charge in [0, 0.05) is 44.7 Å². The van der Waals surface area contributed by atoms with Crippen molar-refractivity contribution in [2.45, 2.75) is 4.90 Å². The number of aromatic nitrogens is 2. The van der Waals surface area contributed by atoms with E-state index in [9.17, 15) is 13.2 Å². The number of benzene rings is 1. The summed E-state index contributed by atoms with van der Waals surface area (Å²) in [5.41, 5.74) is 1.33. The van der Waals surface area contributed by atoms with Crippen LogP contribution in [0.1, 0.15) is 5.56 Å². The van der Waals surface area contributed by atoms with Crippen molar-refractivity contribution < 1.29 is 13.2 Å². The lowest BCUT2D eigenvalue weighted by atomic mass is 10.3. The van der Waals surface area contributed by atoms with E-state index in [2.05, 4.69) is 10.4 Å². The molecule has 0 fully saturated rings. The van der Waals surface area contributed by atoms with Crippen LogP contribution >= 0.6 is 0 Å². The van der Waals surface area contributed by atoms with E-state index in [-0.39, 0.29) is 10.8 Å². The molecular formula is C15H18N4O3S. The standard InChI is InChI=1S/C15H18N4O3S/c1-18(2)23(21,22)14-7-5-13(6-8-14)17-15(20)9-4-12-10-16-19(3)11-12/h4-11H,1-3H3,(H,17,20)/b9-4+. The largest absolute Gasteiger partial charge is 0.323 e. The number of amides is 1. The topological polar surface area (TPSA) is 84.3 Å². The van der Waals surface area contributed by atoms with Crippen LogP contribution in [0.5, 0.6) is 0 Å². The third kappa shape index (κ3) is 4.27. The Kier molecular flexibility index (Phi) is 4.97. The van der Waals surface area contributed by atoms with Gasteiger partial charge in [0.2, 0.25) is 15.9 Å². The Bertz CT molecular complexity index is 821. The molecule has 0 spiro atoms. The fourth-order valence-corrected chi connectivity index (χ4v) is 2.70. The van der Waals surface area contributed by atoms with E-state index in [0.29, 0.717) is 5.69 Å². The lowest BCUT2D eigenvalue weighted by Gasteiger charge is -2.11. The molecule has 8 heteroatoms. The average molecular weight is 334 g/mol. The van der Waals surface area contributed by atoms with Gasteiger partial charge in [-0.25, -0.2) is 12.7 Å². The summed E-state index contributed by atoms with van der Waals surface area (Å²) >= 11 is 0. The molecule has 1 aromatic heterocycles. The number of anilines is 1. The first-order chi connectivity index (χ1) is 10.8. The second-order valence-electron chi connectivity index (χ2n) is 5.08. The van der Waals surface area contributed by atoms with E-state index in [0.717, 1.165) is 9.87 Å². The van der Waals surface area contributed by atoms with Crippen LogP contribution in [0.15, 0.2) is 47.6 Å². The number of rotatable bonds is 5. The molecule has 1 N–H and O–H groups in total. The van der Waals surface area contributed by atoms with Crippen molar-refractivity contribution >= 4 is 27.7 Å². The van der Waals surface area contributed by atoms with Crippen LogP contribution in [-0.4, -0.2) is 42.5 Å². The van der Waals surface area contributed by atoms with Crippen LogP contribution in [0.3, 0.4) is 0 Å². The zero-order chi connectivity index (χ0) is 17.0. The monoisotopic (exact) mass is 334 g/mol. The summed E-state index contributed by atoms with van der Waals surface area (Å²) in [5, 5.41) is 6.66. The Balaban J connectivity index is 2.03. The van der Waals surface area contributed by atoms with Crippen molar-refractivity contribution in [1.82, 2.24) is 14.1 Å². The molecule has 1 aromatic carbocycles. The van der Waals surface area contributed by atoms with Crippen molar-refractivity contribution in [3.63, 3.8) is 0 Å². The smallest absolute Gasteiger partial charge is 0.248 e. The molecule has 2 aromatic rings. The normalized spacial score (nSPS) is 12.0. The number of nitrogens with one attached hydrogen (secondary N) is 1. The Labute approximate surface area is 135 Å². The summed E-state index contributed by atoms with van der Waals surface area (Å²) in [5.74, 6) is -0.308. The van der Waals surface area contributed by atoms with Crippen molar-refractivity contribution in [2.24, 2.45) is 7.05 Å². The molecule has 1 heterocycles. The Morgan fingerprint density at radius 1 is 1.26 bits per heavy atom. The minimum Gasteiger partial charge on any atom is -0.323 e. The molecule has 122 valence electrons. The molecular weight excluding hydrogens is 316 g/mol. The Morgan fingerprint density at radius 2 is 1.91 bits per heavy atom. The van der Waals surface area contributed by atoms with E-state index in [1.54, 1.807) is 42.3 Å². The van der Waals surface area contributed by atoms with Gasteiger partial charge in [-0.2, -0.15) is 5.10 Å². The minimum atomic E-state index is -3.47. The lowest BCUT2D eigenvalue weighted by Crippen LogP contribution is -2.22. The van der Waals surface area contributed by atoms with Gasteiger partial charge in [-0.3, -0.25) is 9.48 Å². The van der Waals surface area contributed by atoms with Crippen LogP contribution in [0.4, 0.5) is 5.69 Å². The summed E-state index contributed by atoms with van der Waals surface area (Å²) in [6.07, 6.45) is 6.46. The van der Waals surface area contributed by atoms with Gasteiger partial charge in [-0.1, -0.05) is 0 Å². The molecule has 0 atom stereocenters. The summed E-state index contributed by atoms with van der Waals surface area (Å²) in [6, 6.07) is 6.00. The van der Waals surface area contributed by atoms with Crippen molar-refractivity contribution in [2.75, 3.05) is 19.4 Å². The van der Waals surface area contributed by atoms with Gasteiger partial charge in [-0.15, -0.1) is 0 Å². The fourth-order valence-electron chi connectivity index (χ4n) is 1.80. The van der Waals surface area contributed by atoms with Crippen LogP contribution in [0.25, 0.3) is 6.08 Å². The van der Waals surface area contributed by atoms with E-state index < -0.39 is 10.0 Å². The van der Waals surface area contributed by atoms with E-state index in [4.69, 9.17) is 0 Å². The average Bonchev–Trinajstić information content (AvgIpc) is 2.91. The van der Waals surface area contributed by atoms with E-state index in [1.165, 1.54) is 32.3 Å². The van der Waals surface area contributed by atoms with Gasteiger partial charge in [0.25, 0.3) is 0 Å². The number of nitrogens with zero attached hydrogens (tertiary/aromatic N) is 3. The SMILES string of the molecule is CN(C)S(=O)(=O)c1ccc(NC(=O)/C=C/c2cnn(C)c2)cc1. The molecule has 2 rings (SSSR count). The molecule has 0 aliphatic heterocycles.